The number of nitrogens with zero attached hydrogens (tertiary/aromatic N) is 4. The normalized spacial score (nSPS) is 13.2. The first-order valence-electron chi connectivity index (χ1n) is 20.0. The zero-order chi connectivity index (χ0) is 39.5. The SMILES string of the molecule is CC1(C)c2ccccc2-c2cc(-c3cc(-c4ccc(N5c6ccccc6Oc6ccccc65)cc4)cc(-c4nc(-c5ccccc5)nc(-c5ccccc5)n4)c3)ccc21. The molecular formula is C54H38N4O. The minimum atomic E-state index is -0.0761. The third kappa shape index (κ3) is 5.98. The maximum Gasteiger partial charge on any atom is 0.164 e. The molecule has 0 unspecified atom stereocenters. The molecule has 0 bridgehead atoms. The molecule has 0 spiro atoms. The molecule has 0 fully saturated rings. The van der Waals surface area contributed by atoms with E-state index in [9.17, 15) is 0 Å². The van der Waals surface area contributed by atoms with Crippen LogP contribution in [0.25, 0.3) is 67.5 Å². The van der Waals surface area contributed by atoms with Crippen LogP contribution in [0.4, 0.5) is 17.1 Å². The predicted octanol–water partition coefficient (Wildman–Crippen LogP) is 14.1. The molecular weight excluding hydrogens is 721 g/mol. The molecule has 59 heavy (non-hydrogen) atoms. The van der Waals surface area contributed by atoms with Crippen molar-refractivity contribution in [1.29, 1.82) is 0 Å². The average Bonchev–Trinajstić information content (AvgIpc) is 3.53. The number of benzene rings is 8. The van der Waals surface area contributed by atoms with Crippen molar-refractivity contribution in [2.24, 2.45) is 0 Å². The van der Waals surface area contributed by atoms with Gasteiger partial charge in [0.25, 0.3) is 0 Å². The molecule has 5 nitrogen and oxygen atoms in total. The molecule has 1 aliphatic carbocycles. The molecule has 11 rings (SSSR count). The molecule has 2 heterocycles. The lowest BCUT2D eigenvalue weighted by atomic mass is 9.82. The highest BCUT2D eigenvalue weighted by Crippen LogP contribution is 2.51. The average molecular weight is 759 g/mol. The van der Waals surface area contributed by atoms with Crippen LogP contribution in [0.1, 0.15) is 25.0 Å². The topological polar surface area (TPSA) is 51.1 Å². The Balaban J connectivity index is 1.08. The molecule has 1 aliphatic heterocycles. The van der Waals surface area contributed by atoms with Crippen LogP contribution in [0.15, 0.2) is 194 Å². The Morgan fingerprint density at radius 2 is 0.847 bits per heavy atom. The van der Waals surface area contributed by atoms with Crippen molar-refractivity contribution in [3.8, 4) is 79.0 Å². The fourth-order valence-corrected chi connectivity index (χ4v) is 8.71. The number of aromatic nitrogens is 3. The summed E-state index contributed by atoms with van der Waals surface area (Å²) in [5.74, 6) is 3.54. The van der Waals surface area contributed by atoms with Crippen LogP contribution in [-0.2, 0) is 5.41 Å². The second kappa shape index (κ2) is 13.8. The van der Waals surface area contributed by atoms with E-state index in [4.69, 9.17) is 19.7 Å². The van der Waals surface area contributed by atoms with Crippen LogP contribution in [-0.4, -0.2) is 15.0 Å². The molecule has 0 saturated carbocycles. The summed E-state index contributed by atoms with van der Waals surface area (Å²) in [7, 11) is 0. The number of para-hydroxylation sites is 4. The second-order valence-corrected chi connectivity index (χ2v) is 15.7. The fourth-order valence-electron chi connectivity index (χ4n) is 8.71. The zero-order valence-corrected chi connectivity index (χ0v) is 32.7. The van der Waals surface area contributed by atoms with Crippen molar-refractivity contribution in [2.45, 2.75) is 19.3 Å². The summed E-state index contributed by atoms with van der Waals surface area (Å²) in [6, 6.07) is 67.9. The molecule has 1 aromatic heterocycles. The van der Waals surface area contributed by atoms with Gasteiger partial charge in [0.15, 0.2) is 29.0 Å². The maximum absolute atomic E-state index is 6.31. The van der Waals surface area contributed by atoms with Gasteiger partial charge in [-0.05, 0) is 105 Å². The Hall–Kier alpha value is -7.63. The monoisotopic (exact) mass is 758 g/mol. The van der Waals surface area contributed by atoms with Crippen molar-refractivity contribution in [2.75, 3.05) is 4.90 Å². The van der Waals surface area contributed by atoms with Gasteiger partial charge in [-0.15, -0.1) is 0 Å². The second-order valence-electron chi connectivity index (χ2n) is 15.7. The van der Waals surface area contributed by atoms with Gasteiger partial charge < -0.3 is 9.64 Å². The van der Waals surface area contributed by atoms with E-state index < -0.39 is 0 Å². The molecule has 2 aliphatic rings. The largest absolute Gasteiger partial charge is 0.453 e. The van der Waals surface area contributed by atoms with E-state index in [-0.39, 0.29) is 5.41 Å². The van der Waals surface area contributed by atoms with Crippen molar-refractivity contribution < 1.29 is 4.74 Å². The predicted molar refractivity (Wildman–Crippen MR) is 239 cm³/mol. The van der Waals surface area contributed by atoms with E-state index in [0.717, 1.165) is 67.5 Å². The highest BCUT2D eigenvalue weighted by molar-refractivity contribution is 5.89. The fraction of sp³-hybridized carbons (Fsp3) is 0.0556. The molecule has 0 N–H and O–H groups in total. The molecule has 0 saturated heterocycles. The van der Waals surface area contributed by atoms with E-state index in [2.05, 4.69) is 128 Å². The number of ether oxygens (including phenoxy) is 1. The summed E-state index contributed by atoms with van der Waals surface area (Å²) < 4.78 is 6.31. The lowest BCUT2D eigenvalue weighted by Crippen LogP contribution is -2.15. The molecule has 8 aromatic carbocycles. The van der Waals surface area contributed by atoms with Crippen molar-refractivity contribution >= 4 is 17.1 Å². The van der Waals surface area contributed by atoms with Crippen molar-refractivity contribution in [1.82, 2.24) is 15.0 Å². The lowest BCUT2D eigenvalue weighted by Gasteiger charge is -2.32. The summed E-state index contributed by atoms with van der Waals surface area (Å²) in [6.07, 6.45) is 0. The van der Waals surface area contributed by atoms with Crippen LogP contribution in [0.5, 0.6) is 11.5 Å². The third-order valence-corrected chi connectivity index (χ3v) is 11.7. The van der Waals surface area contributed by atoms with Gasteiger partial charge in [0.05, 0.1) is 11.4 Å². The van der Waals surface area contributed by atoms with Gasteiger partial charge in [-0.2, -0.15) is 0 Å². The van der Waals surface area contributed by atoms with Gasteiger partial charge >= 0.3 is 0 Å². The number of hydrogen-bond acceptors (Lipinski definition) is 5. The van der Waals surface area contributed by atoms with Crippen LogP contribution < -0.4 is 9.64 Å². The third-order valence-electron chi connectivity index (χ3n) is 11.7. The molecule has 9 aromatic rings. The van der Waals surface area contributed by atoms with Gasteiger partial charge in [-0.3, -0.25) is 0 Å². The molecule has 5 heteroatoms. The summed E-state index contributed by atoms with van der Waals surface area (Å²) in [4.78, 5) is 17.6. The Kier molecular flexibility index (Phi) is 8.09. The zero-order valence-electron chi connectivity index (χ0n) is 32.7. The van der Waals surface area contributed by atoms with Crippen molar-refractivity contribution in [3.05, 3.63) is 205 Å². The standard InChI is InChI=1S/C54H38N4O/c1-54(2)45-20-10-9-19-43(45)44-34-38(27-30-46(44)54)40-31-39(35-25-28-42(29-26-35)58-47-21-11-13-23-49(47)59-50-24-14-12-22-48(50)58)32-41(33-40)53-56-51(36-15-5-3-6-16-36)55-52(57-53)37-17-7-4-8-18-37/h3-34H,1-2H3. The quantitative estimate of drug-likeness (QED) is 0.169. The Morgan fingerprint density at radius 3 is 1.47 bits per heavy atom. The van der Waals surface area contributed by atoms with Crippen LogP contribution in [0.2, 0.25) is 0 Å². The van der Waals surface area contributed by atoms with E-state index in [0.29, 0.717) is 17.5 Å². The number of rotatable bonds is 6. The van der Waals surface area contributed by atoms with Gasteiger partial charge in [-0.1, -0.05) is 147 Å². The molecule has 280 valence electrons. The Bertz CT molecular complexity index is 2950. The number of hydrogen-bond donors (Lipinski definition) is 0. The number of fused-ring (bicyclic) bond motifs is 5. The first-order chi connectivity index (χ1) is 29.0. The van der Waals surface area contributed by atoms with Crippen LogP contribution in [0, 0.1) is 0 Å². The Morgan fingerprint density at radius 1 is 0.373 bits per heavy atom. The van der Waals surface area contributed by atoms with E-state index >= 15 is 0 Å². The molecule has 0 amide bonds. The highest BCUT2D eigenvalue weighted by Gasteiger charge is 2.35. The van der Waals surface area contributed by atoms with E-state index in [1.807, 2.05) is 84.9 Å². The minimum absolute atomic E-state index is 0.0761. The summed E-state index contributed by atoms with van der Waals surface area (Å²) in [5.41, 5.74) is 15.4. The highest BCUT2D eigenvalue weighted by atomic mass is 16.5. The summed E-state index contributed by atoms with van der Waals surface area (Å²) >= 11 is 0. The maximum atomic E-state index is 6.31. The van der Waals surface area contributed by atoms with Gasteiger partial charge in [-0.25, -0.2) is 15.0 Å². The first-order valence-corrected chi connectivity index (χ1v) is 20.0. The smallest absolute Gasteiger partial charge is 0.164 e. The molecule has 0 atom stereocenters. The van der Waals surface area contributed by atoms with Crippen molar-refractivity contribution in [3.63, 3.8) is 0 Å². The lowest BCUT2D eigenvalue weighted by molar-refractivity contribution is 0.477. The van der Waals surface area contributed by atoms with Gasteiger partial charge in [0.1, 0.15) is 0 Å². The first kappa shape index (κ1) is 34.6. The summed E-state index contributed by atoms with van der Waals surface area (Å²) in [5, 5.41) is 0. The molecule has 0 radical (unpaired) electrons. The minimum Gasteiger partial charge on any atom is -0.453 e. The van der Waals surface area contributed by atoms with Gasteiger partial charge in [0, 0.05) is 27.8 Å². The number of anilines is 3. The van der Waals surface area contributed by atoms with Crippen LogP contribution >= 0.6 is 0 Å². The van der Waals surface area contributed by atoms with E-state index in [1.165, 1.54) is 22.3 Å². The van der Waals surface area contributed by atoms with Crippen LogP contribution in [0.3, 0.4) is 0 Å². The Labute approximate surface area is 344 Å². The summed E-state index contributed by atoms with van der Waals surface area (Å²) in [6.45, 7) is 4.65. The van der Waals surface area contributed by atoms with E-state index in [1.54, 1.807) is 0 Å². The van der Waals surface area contributed by atoms with Gasteiger partial charge in [0.2, 0.25) is 0 Å².